The van der Waals surface area contributed by atoms with Crippen LogP contribution in [0.1, 0.15) is 27.5 Å². The molecule has 3 aromatic rings. The molecular weight excluding hydrogens is 477 g/mol. The first-order valence-electron chi connectivity index (χ1n) is 10.6. The van der Waals surface area contributed by atoms with Crippen LogP contribution in [0.2, 0.25) is 0 Å². The van der Waals surface area contributed by atoms with Crippen LogP contribution in [-0.4, -0.2) is 33.8 Å². The second-order valence-corrected chi connectivity index (χ2v) is 10.7. The number of ether oxygens (including phenoxy) is 2. The zero-order valence-corrected chi connectivity index (χ0v) is 20.1. The van der Waals surface area contributed by atoms with E-state index in [2.05, 4.69) is 4.72 Å². The van der Waals surface area contributed by atoms with E-state index in [4.69, 9.17) is 9.47 Å². The van der Waals surface area contributed by atoms with Crippen LogP contribution in [0.15, 0.2) is 71.6 Å². The summed E-state index contributed by atoms with van der Waals surface area (Å²) in [7, 11) is -2.38. The van der Waals surface area contributed by atoms with Gasteiger partial charge in [0.2, 0.25) is 10.0 Å². The van der Waals surface area contributed by atoms with Crippen molar-refractivity contribution >= 4 is 27.8 Å². The lowest BCUT2D eigenvalue weighted by atomic mass is 9.98. The molecule has 0 aliphatic carbocycles. The quantitative estimate of drug-likeness (QED) is 0.367. The maximum atomic E-state index is 13.1. The fourth-order valence-corrected chi connectivity index (χ4v) is 6.15. The molecule has 34 heavy (non-hydrogen) atoms. The van der Waals surface area contributed by atoms with Gasteiger partial charge in [-0.1, -0.05) is 36.4 Å². The first kappa shape index (κ1) is 24.3. The minimum atomic E-state index is -3.74. The number of rotatable bonds is 8. The molecule has 0 fully saturated rings. The number of nitrogens with one attached hydrogen (secondary N) is 1. The summed E-state index contributed by atoms with van der Waals surface area (Å²) in [6, 6.07) is 18.4. The number of carbonyl (C=O) groups excluding carboxylic acids is 1. The van der Waals surface area contributed by atoms with Gasteiger partial charge in [0, 0.05) is 17.9 Å². The number of benzene rings is 3. The summed E-state index contributed by atoms with van der Waals surface area (Å²) in [5.41, 5.74) is 3.88. The molecule has 4 rings (SSSR count). The Morgan fingerprint density at radius 3 is 2.65 bits per heavy atom. The number of carbonyl (C=O) groups is 1. The summed E-state index contributed by atoms with van der Waals surface area (Å²) >= 11 is 1.58. The molecule has 0 spiro atoms. The molecule has 0 saturated heterocycles. The summed E-state index contributed by atoms with van der Waals surface area (Å²) in [5, 5.41) is -0.110. The van der Waals surface area contributed by atoms with E-state index in [0.717, 1.165) is 40.1 Å². The van der Waals surface area contributed by atoms with E-state index in [0.29, 0.717) is 12.4 Å². The van der Waals surface area contributed by atoms with E-state index >= 15 is 0 Å². The van der Waals surface area contributed by atoms with Crippen LogP contribution in [0.4, 0.5) is 4.39 Å². The number of thioether (sulfide) groups is 1. The average molecular weight is 502 g/mol. The molecule has 0 saturated carbocycles. The number of fused-ring (bicyclic) bond motifs is 2. The Bertz CT molecular complexity index is 1280. The minimum Gasteiger partial charge on any atom is -0.489 e. The van der Waals surface area contributed by atoms with E-state index < -0.39 is 15.8 Å². The number of hydrogen-bond acceptors (Lipinski definition) is 6. The molecule has 0 aromatic heterocycles. The minimum absolute atomic E-state index is 0.0184. The second kappa shape index (κ2) is 10.6. The van der Waals surface area contributed by atoms with Gasteiger partial charge in [-0.15, -0.1) is 11.8 Å². The molecule has 9 heteroatoms. The topological polar surface area (TPSA) is 81.7 Å². The largest absolute Gasteiger partial charge is 0.489 e. The van der Waals surface area contributed by atoms with Crippen molar-refractivity contribution in [1.82, 2.24) is 4.72 Å². The number of sulfonamides is 1. The standard InChI is InChI=1S/C25H24FNO5S2/c1-31-24(28)15-17-6-11-23-22(14-17)25(21-5-3-2-4-18(21)16-32-23)33-13-12-27-34(29,30)20-9-7-19(26)8-10-20/h2-11,14,25,27H,12-13,15-16H2,1H3. The summed E-state index contributed by atoms with van der Waals surface area (Å²) < 4.78 is 51.6. The Morgan fingerprint density at radius 1 is 1.12 bits per heavy atom. The molecule has 3 aromatic carbocycles. The van der Waals surface area contributed by atoms with Gasteiger partial charge < -0.3 is 9.47 Å². The predicted octanol–water partition coefficient (Wildman–Crippen LogP) is 4.23. The summed E-state index contributed by atoms with van der Waals surface area (Å²) in [6.07, 6.45) is 0.153. The van der Waals surface area contributed by atoms with Crippen molar-refractivity contribution in [2.75, 3.05) is 19.4 Å². The molecule has 1 aliphatic heterocycles. The highest BCUT2D eigenvalue weighted by Crippen LogP contribution is 2.44. The molecule has 1 unspecified atom stereocenters. The van der Waals surface area contributed by atoms with Gasteiger partial charge in [0.15, 0.2) is 0 Å². The van der Waals surface area contributed by atoms with Crippen molar-refractivity contribution < 1.29 is 27.1 Å². The summed E-state index contributed by atoms with van der Waals surface area (Å²) in [4.78, 5) is 11.8. The maximum absolute atomic E-state index is 13.1. The third-order valence-corrected chi connectivity index (χ3v) is 8.21. The van der Waals surface area contributed by atoms with E-state index in [9.17, 15) is 17.6 Å². The Kier molecular flexibility index (Phi) is 7.55. The van der Waals surface area contributed by atoms with Crippen LogP contribution in [0.3, 0.4) is 0 Å². The molecule has 1 N–H and O–H groups in total. The SMILES string of the molecule is COC(=O)Cc1ccc2c(c1)C(SCCNS(=O)(=O)c1ccc(F)cc1)c1ccccc1CO2. The van der Waals surface area contributed by atoms with E-state index in [1.807, 2.05) is 42.5 Å². The number of methoxy groups -OCH3 is 1. The van der Waals surface area contributed by atoms with Gasteiger partial charge in [-0.2, -0.15) is 0 Å². The molecule has 0 bridgehead atoms. The Balaban J connectivity index is 1.54. The highest BCUT2D eigenvalue weighted by atomic mass is 32.2. The zero-order chi connectivity index (χ0) is 24.1. The first-order valence-corrected chi connectivity index (χ1v) is 13.2. The van der Waals surface area contributed by atoms with E-state index in [1.54, 1.807) is 11.8 Å². The highest BCUT2D eigenvalue weighted by molar-refractivity contribution is 7.99. The first-order chi connectivity index (χ1) is 16.4. The molecular formula is C25H24FNO5S2. The van der Waals surface area contributed by atoms with Crippen molar-refractivity contribution in [2.45, 2.75) is 23.2 Å². The lowest BCUT2D eigenvalue weighted by molar-refractivity contribution is -0.139. The third-order valence-electron chi connectivity index (χ3n) is 5.46. The van der Waals surface area contributed by atoms with Crippen LogP contribution < -0.4 is 9.46 Å². The lowest BCUT2D eigenvalue weighted by Crippen LogP contribution is -2.26. The van der Waals surface area contributed by atoms with Crippen molar-refractivity contribution in [3.63, 3.8) is 0 Å². The molecule has 178 valence electrons. The van der Waals surface area contributed by atoms with E-state index in [-0.39, 0.29) is 29.1 Å². The smallest absolute Gasteiger partial charge is 0.309 e. The predicted molar refractivity (Wildman–Crippen MR) is 129 cm³/mol. The molecule has 1 heterocycles. The van der Waals surface area contributed by atoms with Gasteiger partial charge in [0.05, 0.1) is 23.7 Å². The van der Waals surface area contributed by atoms with Crippen molar-refractivity contribution in [2.24, 2.45) is 0 Å². The maximum Gasteiger partial charge on any atom is 0.309 e. The van der Waals surface area contributed by atoms with Gasteiger partial charge in [-0.25, -0.2) is 17.5 Å². The second-order valence-electron chi connectivity index (χ2n) is 7.72. The summed E-state index contributed by atoms with van der Waals surface area (Å²) in [6.45, 7) is 0.620. The normalized spacial score (nSPS) is 14.9. The molecule has 1 atom stereocenters. The highest BCUT2D eigenvalue weighted by Gasteiger charge is 2.26. The van der Waals surface area contributed by atoms with Crippen LogP contribution in [0, 0.1) is 5.82 Å². The number of esters is 1. The average Bonchev–Trinajstić information content (AvgIpc) is 2.98. The zero-order valence-electron chi connectivity index (χ0n) is 18.5. The van der Waals surface area contributed by atoms with Crippen LogP contribution in [0.25, 0.3) is 0 Å². The van der Waals surface area contributed by atoms with Gasteiger partial charge in [-0.05, 0) is 47.0 Å². The van der Waals surface area contributed by atoms with Crippen LogP contribution in [0.5, 0.6) is 5.75 Å². The number of hydrogen-bond donors (Lipinski definition) is 1. The third kappa shape index (κ3) is 5.60. The Hall–Kier alpha value is -2.88. The Morgan fingerprint density at radius 2 is 1.88 bits per heavy atom. The number of halogens is 1. The van der Waals surface area contributed by atoms with Crippen molar-refractivity contribution in [3.8, 4) is 5.75 Å². The van der Waals surface area contributed by atoms with Gasteiger partial charge in [-0.3, -0.25) is 4.79 Å². The fraction of sp³-hybridized carbons (Fsp3) is 0.240. The monoisotopic (exact) mass is 501 g/mol. The van der Waals surface area contributed by atoms with Gasteiger partial charge >= 0.3 is 5.97 Å². The van der Waals surface area contributed by atoms with Crippen molar-refractivity contribution in [3.05, 3.63) is 94.8 Å². The van der Waals surface area contributed by atoms with E-state index in [1.165, 1.54) is 19.2 Å². The molecule has 1 aliphatic rings. The fourth-order valence-electron chi connectivity index (χ4n) is 3.76. The molecule has 6 nitrogen and oxygen atoms in total. The molecule has 0 radical (unpaired) electrons. The van der Waals surface area contributed by atoms with Crippen LogP contribution >= 0.6 is 11.8 Å². The van der Waals surface area contributed by atoms with Crippen LogP contribution in [-0.2, 0) is 32.6 Å². The molecule has 0 amide bonds. The lowest BCUT2D eigenvalue weighted by Gasteiger charge is -2.20. The van der Waals surface area contributed by atoms with Gasteiger partial charge in [0.25, 0.3) is 0 Å². The summed E-state index contributed by atoms with van der Waals surface area (Å²) in [5.74, 6) is 0.401. The van der Waals surface area contributed by atoms with Crippen molar-refractivity contribution in [1.29, 1.82) is 0 Å². The van der Waals surface area contributed by atoms with Gasteiger partial charge in [0.1, 0.15) is 18.2 Å². The Labute approximate surface area is 202 Å².